The van der Waals surface area contributed by atoms with Crippen molar-refractivity contribution in [2.45, 2.75) is 49.0 Å². The Morgan fingerprint density at radius 1 is 0.933 bits per heavy atom. The van der Waals surface area contributed by atoms with Gasteiger partial charge in [-0.2, -0.15) is 4.98 Å². The first kappa shape index (κ1) is 30.2. The number of imidazole rings is 2. The third kappa shape index (κ3) is 5.41. The van der Waals surface area contributed by atoms with Crippen molar-refractivity contribution < 1.29 is 56.7 Å². The summed E-state index contributed by atoms with van der Waals surface area (Å²) in [6.45, 7) is -1.68. The van der Waals surface area contributed by atoms with E-state index in [2.05, 4.69) is 34.9 Å². The predicted molar refractivity (Wildman–Crippen MR) is 143 cm³/mol. The average molecular weight is 674 g/mol. The Morgan fingerprint density at radius 2 is 1.60 bits per heavy atom. The third-order valence-electron chi connectivity index (χ3n) is 7.27. The van der Waals surface area contributed by atoms with Crippen LogP contribution >= 0.6 is 15.6 Å². The van der Waals surface area contributed by atoms with Gasteiger partial charge in [-0.1, -0.05) is 0 Å². The molecule has 4 aromatic heterocycles. The van der Waals surface area contributed by atoms with E-state index in [1.807, 2.05) is 0 Å². The van der Waals surface area contributed by atoms with Crippen molar-refractivity contribution in [1.29, 1.82) is 0 Å². The molecule has 242 valence electrons. The summed E-state index contributed by atoms with van der Waals surface area (Å²) in [7, 11) is -10.1. The molecule has 25 heteroatoms. The molecule has 7 rings (SSSR count). The van der Waals surface area contributed by atoms with E-state index in [9.17, 15) is 33.9 Å². The number of hydrogen-bond acceptors (Lipinski definition) is 18. The van der Waals surface area contributed by atoms with Gasteiger partial charge >= 0.3 is 15.6 Å². The van der Waals surface area contributed by atoms with E-state index in [4.69, 9.17) is 39.0 Å². The summed E-state index contributed by atoms with van der Waals surface area (Å²) in [5.41, 5.74) is 11.1. The quantitative estimate of drug-likeness (QED) is 0.104. The summed E-state index contributed by atoms with van der Waals surface area (Å²) in [6, 6.07) is 0. The van der Waals surface area contributed by atoms with E-state index in [-0.39, 0.29) is 34.4 Å². The Hall–Kier alpha value is -3.44. The van der Waals surface area contributed by atoms with Crippen LogP contribution in [0, 0.1) is 0 Å². The normalized spacial score (nSPS) is 37.7. The van der Waals surface area contributed by atoms with Crippen molar-refractivity contribution in [3.63, 3.8) is 0 Å². The van der Waals surface area contributed by atoms with Gasteiger partial charge in [0.2, 0.25) is 5.95 Å². The molecule has 3 saturated heterocycles. The van der Waals surface area contributed by atoms with Gasteiger partial charge in [-0.15, -0.1) is 0 Å². The van der Waals surface area contributed by atoms with Gasteiger partial charge in [-0.05, 0) is 0 Å². The standard InChI is InChI=1S/C20H24N10O13P2/c21-14-7-15(24-3-23-7)27-16(26-14)13-9(31)11-5(40-13)1-38-45(36,37)43-12-6(2-39-44(34,35)42-11)41-19(10(12)32)30-4-25-8-17(30)28-20(22)29-18(8)33/h3-6,9-13,19,31-32H,1-2H2,(H,34,35)(H,36,37)(H3,22,28,29,33)(H3,21,23,24,26,27)/t5-,6+,9-,10+,11-,12+,13-,19+/m1/s1. The number of rotatable bonds is 2. The van der Waals surface area contributed by atoms with Crippen LogP contribution in [-0.2, 0) is 36.7 Å². The zero-order valence-corrected chi connectivity index (χ0v) is 24.2. The second-order valence-electron chi connectivity index (χ2n) is 10.2. The van der Waals surface area contributed by atoms with Crippen LogP contribution in [0.3, 0.4) is 0 Å². The Balaban J connectivity index is 1.17. The molecule has 10 N–H and O–H groups in total. The maximum absolute atomic E-state index is 13.1. The monoisotopic (exact) mass is 674 g/mol. The zero-order valence-electron chi connectivity index (χ0n) is 22.4. The first-order valence-electron chi connectivity index (χ1n) is 13.0. The van der Waals surface area contributed by atoms with E-state index in [0.717, 1.165) is 10.9 Å². The highest BCUT2D eigenvalue weighted by molar-refractivity contribution is 7.47. The van der Waals surface area contributed by atoms with Gasteiger partial charge in [0.05, 0.1) is 25.9 Å². The number of aliphatic hydroxyl groups excluding tert-OH is 2. The average Bonchev–Trinajstić information content (AvgIpc) is 3.73. The number of nitrogen functional groups attached to an aromatic ring is 2. The molecule has 3 aliphatic heterocycles. The molecule has 45 heavy (non-hydrogen) atoms. The summed E-state index contributed by atoms with van der Waals surface area (Å²) < 4.78 is 59.4. The summed E-state index contributed by atoms with van der Waals surface area (Å²) in [5.74, 6) is -0.471. The van der Waals surface area contributed by atoms with Crippen molar-refractivity contribution in [1.82, 2.24) is 39.5 Å². The molecule has 2 unspecified atom stereocenters. The topological polar surface area (TPSA) is 341 Å². The lowest BCUT2D eigenvalue weighted by atomic mass is 10.1. The second kappa shape index (κ2) is 10.8. The minimum atomic E-state index is -5.06. The van der Waals surface area contributed by atoms with Crippen LogP contribution in [0.4, 0.5) is 11.8 Å². The second-order valence-corrected chi connectivity index (χ2v) is 13.0. The molecule has 0 saturated carbocycles. The van der Waals surface area contributed by atoms with E-state index in [1.54, 1.807) is 0 Å². The number of fused-ring (bicyclic) bond motifs is 4. The lowest BCUT2D eigenvalue weighted by Crippen LogP contribution is -2.39. The number of anilines is 2. The predicted octanol–water partition coefficient (Wildman–Crippen LogP) is -2.27. The van der Waals surface area contributed by atoms with Crippen molar-refractivity contribution in [3.8, 4) is 0 Å². The van der Waals surface area contributed by atoms with E-state index in [1.165, 1.54) is 6.33 Å². The number of phosphoric acid groups is 2. The van der Waals surface area contributed by atoms with Crippen LogP contribution < -0.4 is 17.0 Å². The lowest BCUT2D eigenvalue weighted by Gasteiger charge is -2.28. The Kier molecular flexibility index (Phi) is 7.27. The highest BCUT2D eigenvalue weighted by atomic mass is 31.2. The van der Waals surface area contributed by atoms with Crippen LogP contribution in [0.1, 0.15) is 18.2 Å². The number of nitrogens with two attached hydrogens (primary N) is 2. The first-order valence-corrected chi connectivity index (χ1v) is 16.0. The van der Waals surface area contributed by atoms with Crippen LogP contribution in [0.2, 0.25) is 0 Å². The van der Waals surface area contributed by atoms with Crippen LogP contribution in [0.25, 0.3) is 22.3 Å². The molecule has 0 spiro atoms. The fourth-order valence-electron chi connectivity index (χ4n) is 5.26. The van der Waals surface area contributed by atoms with Gasteiger partial charge in [0.1, 0.15) is 48.2 Å². The molecule has 3 fully saturated rings. The molecule has 0 aromatic carbocycles. The van der Waals surface area contributed by atoms with Gasteiger partial charge in [-0.3, -0.25) is 32.4 Å². The van der Waals surface area contributed by atoms with Crippen molar-refractivity contribution >= 4 is 49.7 Å². The highest BCUT2D eigenvalue weighted by Gasteiger charge is 2.54. The molecule has 0 aliphatic carbocycles. The number of ether oxygens (including phenoxy) is 2. The third-order valence-corrected chi connectivity index (χ3v) is 9.24. The van der Waals surface area contributed by atoms with Gasteiger partial charge in [0.15, 0.2) is 34.7 Å². The number of H-pyrrole nitrogens is 2. The molecule has 23 nitrogen and oxygen atoms in total. The number of nitrogens with one attached hydrogen (secondary N) is 2. The van der Waals surface area contributed by atoms with Crippen LogP contribution in [-0.4, -0.2) is 109 Å². The number of nitrogens with zero attached hydrogens (tertiary/aromatic N) is 6. The summed E-state index contributed by atoms with van der Waals surface area (Å²) >= 11 is 0. The van der Waals surface area contributed by atoms with Crippen molar-refractivity contribution in [2.75, 3.05) is 24.7 Å². The molecule has 10 atom stereocenters. The summed E-state index contributed by atoms with van der Waals surface area (Å²) in [5, 5.41) is 22.2. The smallest absolute Gasteiger partial charge is 0.387 e. The SMILES string of the molecule is Nc1nc2c(ncn2[C@H]2O[C@H]3COP(=O)(O)O[C@H]4[C@@H](O)[C@H](c5nc(N)c6[nH]cnc6n5)O[C@@H]4COP(=O)(O)O[C@@H]3[C@@H]2O)c(=O)[nH]1. The maximum atomic E-state index is 13.1. The minimum absolute atomic E-state index is 0.0334. The van der Waals surface area contributed by atoms with Gasteiger partial charge in [0.25, 0.3) is 5.56 Å². The lowest BCUT2D eigenvalue weighted by molar-refractivity contribution is -0.0629. The van der Waals surface area contributed by atoms with E-state index in [0.29, 0.717) is 5.52 Å². The molecule has 4 aromatic rings. The zero-order chi connectivity index (χ0) is 31.8. The molecule has 0 amide bonds. The van der Waals surface area contributed by atoms with Crippen LogP contribution in [0.5, 0.6) is 0 Å². The van der Waals surface area contributed by atoms with Crippen molar-refractivity contribution in [2.24, 2.45) is 0 Å². The largest absolute Gasteiger partial charge is 0.472 e. The Morgan fingerprint density at radius 3 is 2.31 bits per heavy atom. The fraction of sp³-hybridized carbons (Fsp3) is 0.500. The van der Waals surface area contributed by atoms with E-state index >= 15 is 0 Å². The molecular formula is C20H24N10O13P2. The fourth-order valence-corrected chi connectivity index (χ4v) is 7.19. The molecule has 3 aliphatic rings. The maximum Gasteiger partial charge on any atom is 0.472 e. The number of aliphatic hydroxyl groups is 2. The summed E-state index contributed by atoms with van der Waals surface area (Å²) in [4.78, 5) is 58.6. The number of aromatic nitrogens is 8. The number of aromatic amines is 2. The molecule has 0 radical (unpaired) electrons. The minimum Gasteiger partial charge on any atom is -0.387 e. The van der Waals surface area contributed by atoms with Crippen LogP contribution in [0.15, 0.2) is 17.4 Å². The van der Waals surface area contributed by atoms with Gasteiger partial charge < -0.3 is 45.9 Å². The number of phosphoric ester groups is 2. The Bertz CT molecular complexity index is 1940. The summed E-state index contributed by atoms with van der Waals surface area (Å²) in [6.07, 6.45) is -10.3. The molecule has 0 bridgehead atoms. The van der Waals surface area contributed by atoms with E-state index < -0.39 is 83.4 Å². The first-order chi connectivity index (χ1) is 21.3. The highest BCUT2D eigenvalue weighted by Crippen LogP contribution is 2.53. The van der Waals surface area contributed by atoms with Crippen molar-refractivity contribution in [3.05, 3.63) is 28.8 Å². The molecular weight excluding hydrogens is 650 g/mol. The molecule has 7 heterocycles. The number of hydrogen-bond donors (Lipinski definition) is 8. The Labute approximate surface area is 248 Å². The van der Waals surface area contributed by atoms with Gasteiger partial charge in [0, 0.05) is 0 Å². The van der Waals surface area contributed by atoms with Gasteiger partial charge in [-0.25, -0.2) is 29.1 Å².